The molecule has 1 aromatic carbocycles. The molecule has 1 heterocycles. The second kappa shape index (κ2) is 4.97. The molecule has 90 valence electrons. The number of aliphatic hydroxyl groups excluding tert-OH is 1. The Labute approximate surface area is 96.7 Å². The molecule has 1 atom stereocenters. The minimum Gasteiger partial charge on any atom is -0.467 e. The van der Waals surface area contributed by atoms with Crippen molar-refractivity contribution in [3.05, 3.63) is 54.0 Å². The lowest BCUT2D eigenvalue weighted by molar-refractivity contribution is 0.162. The number of aliphatic hydroxyl groups is 1. The first kappa shape index (κ1) is 11.6. The average Bonchev–Trinajstić information content (AvgIpc) is 2.84. The lowest BCUT2D eigenvalue weighted by atomic mass is 10.2. The highest BCUT2D eigenvalue weighted by molar-refractivity contribution is 5.45. The Morgan fingerprint density at radius 1 is 1.24 bits per heavy atom. The molecule has 3 nitrogen and oxygen atoms in total. The van der Waals surface area contributed by atoms with Crippen molar-refractivity contribution in [1.82, 2.24) is 0 Å². The van der Waals surface area contributed by atoms with Crippen LogP contribution in [0.1, 0.15) is 11.9 Å². The maximum atomic E-state index is 13.3. The molecule has 5 heteroatoms. The standard InChI is InChI=1S/C12H11F2NO2/c13-8-3-1-4-9(12(8)14)15-7-10(16)11-5-2-6-17-11/h1-6,10,15-16H,7H2. The van der Waals surface area contributed by atoms with Gasteiger partial charge in [0.05, 0.1) is 12.0 Å². The molecule has 1 unspecified atom stereocenters. The van der Waals surface area contributed by atoms with Gasteiger partial charge in [-0.3, -0.25) is 0 Å². The fraction of sp³-hybridized carbons (Fsp3) is 0.167. The zero-order valence-corrected chi connectivity index (χ0v) is 8.86. The van der Waals surface area contributed by atoms with Gasteiger partial charge in [-0.05, 0) is 24.3 Å². The average molecular weight is 239 g/mol. The molecule has 2 rings (SSSR count). The van der Waals surface area contributed by atoms with Crippen LogP contribution in [0.5, 0.6) is 0 Å². The van der Waals surface area contributed by atoms with E-state index in [2.05, 4.69) is 5.32 Å². The van der Waals surface area contributed by atoms with Gasteiger partial charge in [0.15, 0.2) is 11.6 Å². The van der Waals surface area contributed by atoms with Crippen LogP contribution in [0.4, 0.5) is 14.5 Å². The van der Waals surface area contributed by atoms with Gasteiger partial charge in [0.25, 0.3) is 0 Å². The SMILES string of the molecule is OC(CNc1cccc(F)c1F)c1ccco1. The summed E-state index contributed by atoms with van der Waals surface area (Å²) >= 11 is 0. The molecule has 0 amide bonds. The molecule has 17 heavy (non-hydrogen) atoms. The Bertz CT molecular complexity index is 485. The predicted octanol–water partition coefficient (Wildman–Crippen LogP) is 2.70. The Morgan fingerprint density at radius 3 is 2.76 bits per heavy atom. The molecule has 1 aromatic heterocycles. The first-order valence-corrected chi connectivity index (χ1v) is 5.08. The van der Waals surface area contributed by atoms with Crippen molar-refractivity contribution in [2.24, 2.45) is 0 Å². The van der Waals surface area contributed by atoms with E-state index < -0.39 is 17.7 Å². The number of rotatable bonds is 4. The van der Waals surface area contributed by atoms with Crippen LogP contribution < -0.4 is 5.32 Å². The second-order valence-corrected chi connectivity index (χ2v) is 3.51. The molecule has 2 N–H and O–H groups in total. The van der Waals surface area contributed by atoms with E-state index in [0.717, 1.165) is 6.07 Å². The number of anilines is 1. The van der Waals surface area contributed by atoms with Crippen LogP contribution in [0.25, 0.3) is 0 Å². The molecule has 0 fully saturated rings. The lowest BCUT2D eigenvalue weighted by Gasteiger charge is -2.11. The van der Waals surface area contributed by atoms with Gasteiger partial charge in [-0.25, -0.2) is 8.78 Å². The summed E-state index contributed by atoms with van der Waals surface area (Å²) in [6.07, 6.45) is 0.522. The summed E-state index contributed by atoms with van der Waals surface area (Å²) in [4.78, 5) is 0. The topological polar surface area (TPSA) is 45.4 Å². The van der Waals surface area contributed by atoms with Crippen molar-refractivity contribution in [3.63, 3.8) is 0 Å². The van der Waals surface area contributed by atoms with Crippen LogP contribution in [0.3, 0.4) is 0 Å². The van der Waals surface area contributed by atoms with Gasteiger partial charge < -0.3 is 14.8 Å². The molecule has 0 radical (unpaired) electrons. The lowest BCUT2D eigenvalue weighted by Crippen LogP contribution is -2.12. The summed E-state index contributed by atoms with van der Waals surface area (Å²) in [7, 11) is 0. The third-order valence-corrected chi connectivity index (χ3v) is 2.31. The van der Waals surface area contributed by atoms with E-state index in [1.807, 2.05) is 0 Å². The highest BCUT2D eigenvalue weighted by Crippen LogP contribution is 2.19. The predicted molar refractivity (Wildman–Crippen MR) is 58.5 cm³/mol. The van der Waals surface area contributed by atoms with Gasteiger partial charge >= 0.3 is 0 Å². The quantitative estimate of drug-likeness (QED) is 0.862. The van der Waals surface area contributed by atoms with Crippen LogP contribution in [0.2, 0.25) is 0 Å². The van der Waals surface area contributed by atoms with Gasteiger partial charge in [-0.2, -0.15) is 0 Å². The number of furan rings is 1. The molecule has 0 saturated carbocycles. The Hall–Kier alpha value is -1.88. The molecule has 0 bridgehead atoms. The minimum atomic E-state index is -0.959. The minimum absolute atomic E-state index is 0.00982. The maximum Gasteiger partial charge on any atom is 0.181 e. The highest BCUT2D eigenvalue weighted by Gasteiger charge is 2.12. The molecule has 0 aliphatic carbocycles. The maximum absolute atomic E-state index is 13.3. The molecule has 0 aliphatic rings. The molecule has 0 aliphatic heterocycles. The van der Waals surface area contributed by atoms with Crippen molar-refractivity contribution >= 4 is 5.69 Å². The van der Waals surface area contributed by atoms with Crippen molar-refractivity contribution in [2.75, 3.05) is 11.9 Å². The van der Waals surface area contributed by atoms with Crippen LogP contribution in [0.15, 0.2) is 41.0 Å². The van der Waals surface area contributed by atoms with E-state index in [0.29, 0.717) is 5.76 Å². The molecule has 0 saturated heterocycles. The summed E-state index contributed by atoms with van der Waals surface area (Å²) in [5, 5.41) is 12.3. The van der Waals surface area contributed by atoms with Crippen LogP contribution in [0, 0.1) is 11.6 Å². The Kier molecular flexibility index (Phi) is 3.39. The van der Waals surface area contributed by atoms with E-state index in [1.54, 1.807) is 12.1 Å². The normalized spacial score (nSPS) is 12.4. The summed E-state index contributed by atoms with van der Waals surface area (Å²) in [6.45, 7) is 0.0356. The van der Waals surface area contributed by atoms with Crippen LogP contribution >= 0.6 is 0 Å². The zero-order valence-electron chi connectivity index (χ0n) is 8.86. The van der Waals surface area contributed by atoms with E-state index in [9.17, 15) is 13.9 Å². The number of nitrogens with one attached hydrogen (secondary N) is 1. The monoisotopic (exact) mass is 239 g/mol. The van der Waals surface area contributed by atoms with Crippen LogP contribution in [-0.4, -0.2) is 11.7 Å². The van der Waals surface area contributed by atoms with Gasteiger partial charge in [-0.1, -0.05) is 6.07 Å². The van der Waals surface area contributed by atoms with E-state index in [4.69, 9.17) is 4.42 Å². The van der Waals surface area contributed by atoms with E-state index in [-0.39, 0.29) is 12.2 Å². The van der Waals surface area contributed by atoms with E-state index in [1.165, 1.54) is 18.4 Å². The van der Waals surface area contributed by atoms with Crippen molar-refractivity contribution < 1.29 is 18.3 Å². The summed E-state index contributed by atoms with van der Waals surface area (Å²) < 4.78 is 31.1. The fourth-order valence-electron chi connectivity index (χ4n) is 1.43. The smallest absolute Gasteiger partial charge is 0.181 e. The van der Waals surface area contributed by atoms with Gasteiger partial charge in [0, 0.05) is 6.54 Å². The molecular weight excluding hydrogens is 228 g/mol. The van der Waals surface area contributed by atoms with E-state index >= 15 is 0 Å². The largest absolute Gasteiger partial charge is 0.467 e. The van der Waals surface area contributed by atoms with Gasteiger partial charge in [0.2, 0.25) is 0 Å². The second-order valence-electron chi connectivity index (χ2n) is 3.51. The first-order valence-electron chi connectivity index (χ1n) is 5.08. The molecule has 0 spiro atoms. The third-order valence-electron chi connectivity index (χ3n) is 2.31. The highest BCUT2D eigenvalue weighted by atomic mass is 19.2. The van der Waals surface area contributed by atoms with Gasteiger partial charge in [-0.15, -0.1) is 0 Å². The van der Waals surface area contributed by atoms with Gasteiger partial charge in [0.1, 0.15) is 11.9 Å². The number of benzene rings is 1. The summed E-state index contributed by atoms with van der Waals surface area (Å²) in [6, 6.07) is 7.06. The third kappa shape index (κ3) is 2.62. The fourth-order valence-corrected chi connectivity index (χ4v) is 1.43. The number of hydrogen-bond acceptors (Lipinski definition) is 3. The van der Waals surface area contributed by atoms with Crippen molar-refractivity contribution in [1.29, 1.82) is 0 Å². The first-order chi connectivity index (χ1) is 8.18. The summed E-state index contributed by atoms with van der Waals surface area (Å²) in [5.74, 6) is -1.52. The van der Waals surface area contributed by atoms with Crippen molar-refractivity contribution in [3.8, 4) is 0 Å². The Balaban J connectivity index is 2.00. The molecule has 2 aromatic rings. The van der Waals surface area contributed by atoms with Crippen LogP contribution in [-0.2, 0) is 0 Å². The van der Waals surface area contributed by atoms with Crippen molar-refractivity contribution in [2.45, 2.75) is 6.10 Å². The Morgan fingerprint density at radius 2 is 2.06 bits per heavy atom. The number of halogens is 2. The number of hydrogen-bond donors (Lipinski definition) is 2. The summed E-state index contributed by atoms with van der Waals surface area (Å²) in [5.41, 5.74) is 0.00982. The molecular formula is C12H11F2NO2. The zero-order chi connectivity index (χ0) is 12.3.